The van der Waals surface area contributed by atoms with Crippen molar-refractivity contribution in [1.29, 1.82) is 0 Å². The molecule has 142 valence electrons. The zero-order valence-electron chi connectivity index (χ0n) is 15.2. The smallest absolute Gasteiger partial charge is 0.262 e. The number of halogens is 1. The number of aromatic nitrogens is 2. The first-order valence-corrected chi connectivity index (χ1v) is 9.98. The van der Waals surface area contributed by atoms with Crippen molar-refractivity contribution in [1.82, 2.24) is 20.2 Å². The molecule has 3 heterocycles. The number of hydrogen-bond acceptors (Lipinski definition) is 5. The van der Waals surface area contributed by atoms with Crippen LogP contribution in [0.5, 0.6) is 0 Å². The van der Waals surface area contributed by atoms with Crippen LogP contribution in [-0.4, -0.2) is 48.1 Å². The summed E-state index contributed by atoms with van der Waals surface area (Å²) in [6.07, 6.45) is 0.996. The van der Waals surface area contributed by atoms with Gasteiger partial charge in [0.2, 0.25) is 0 Å². The summed E-state index contributed by atoms with van der Waals surface area (Å²) < 4.78 is 5.31. The quantitative estimate of drug-likeness (QED) is 0.683. The molecule has 0 aliphatic carbocycles. The number of fused-ring (bicyclic) bond motifs is 2. The first kappa shape index (κ1) is 18.4. The van der Waals surface area contributed by atoms with Gasteiger partial charge in [-0.25, -0.2) is 4.98 Å². The van der Waals surface area contributed by atoms with E-state index in [0.717, 1.165) is 35.4 Å². The summed E-state index contributed by atoms with van der Waals surface area (Å²) in [7, 11) is 3.71. The van der Waals surface area contributed by atoms with Crippen LogP contribution in [0.15, 0.2) is 24.3 Å². The lowest BCUT2D eigenvalue weighted by Gasteiger charge is -2.21. The molecule has 1 aliphatic rings. The number of likely N-dealkylation sites (N-methyl/N-ethyl adjacent to an activating group) is 1. The summed E-state index contributed by atoms with van der Waals surface area (Å²) >= 11 is 7.62. The van der Waals surface area contributed by atoms with Crippen LogP contribution in [-0.2, 0) is 17.7 Å². The summed E-state index contributed by atoms with van der Waals surface area (Å²) in [6, 6.07) is 7.13. The van der Waals surface area contributed by atoms with Crippen LogP contribution in [0.3, 0.4) is 0 Å². The van der Waals surface area contributed by atoms with Crippen LogP contribution < -0.4 is 5.32 Å². The highest BCUT2D eigenvalue weighted by molar-refractivity contribution is 7.14. The Balaban J connectivity index is 1.56. The molecule has 1 amide bonds. The molecule has 2 N–H and O–H groups in total. The van der Waals surface area contributed by atoms with Gasteiger partial charge in [0, 0.05) is 30.1 Å². The average molecular weight is 405 g/mol. The first-order chi connectivity index (χ1) is 13.0. The molecule has 2 aromatic heterocycles. The molecule has 0 saturated carbocycles. The average Bonchev–Trinajstić information content (AvgIpc) is 3.24. The minimum Gasteiger partial charge on any atom is -0.382 e. The van der Waals surface area contributed by atoms with E-state index in [4.69, 9.17) is 16.3 Å². The van der Waals surface area contributed by atoms with Gasteiger partial charge in [-0.15, -0.1) is 11.3 Å². The number of imidazole rings is 1. The minimum absolute atomic E-state index is 0.0995. The highest BCUT2D eigenvalue weighted by Gasteiger charge is 2.23. The SMILES string of the molecule is COC[C@H](NC(=O)c1cc2c(s1)CCN(C)C2)c1nc2cc(Cl)ccc2[nH]1. The van der Waals surface area contributed by atoms with Crippen molar-refractivity contribution in [3.05, 3.63) is 50.4 Å². The standard InChI is InChI=1S/C19H21ClN4O2S/c1-24-6-5-16-11(9-24)7-17(27-16)19(25)23-15(10-26-2)18-21-13-4-3-12(20)8-14(13)22-18/h3-4,7-8,15H,5-6,9-10H2,1-2H3,(H,21,22)(H,23,25)/t15-/m0/s1. The molecule has 3 aromatic rings. The molecular formula is C19H21ClN4O2S. The number of rotatable bonds is 5. The Bertz CT molecular complexity index is 983. The van der Waals surface area contributed by atoms with Crippen molar-refractivity contribution < 1.29 is 9.53 Å². The van der Waals surface area contributed by atoms with Gasteiger partial charge in [-0.3, -0.25) is 4.79 Å². The van der Waals surface area contributed by atoms with Crippen molar-refractivity contribution >= 4 is 39.9 Å². The molecule has 0 unspecified atom stereocenters. The summed E-state index contributed by atoms with van der Waals surface area (Å²) in [5.74, 6) is 0.557. The maximum atomic E-state index is 12.8. The molecule has 6 nitrogen and oxygen atoms in total. The monoisotopic (exact) mass is 404 g/mol. The van der Waals surface area contributed by atoms with E-state index in [-0.39, 0.29) is 11.9 Å². The number of thiophene rings is 1. The van der Waals surface area contributed by atoms with E-state index in [1.54, 1.807) is 24.5 Å². The number of hydrogen-bond donors (Lipinski definition) is 2. The lowest BCUT2D eigenvalue weighted by molar-refractivity contribution is 0.0896. The van der Waals surface area contributed by atoms with E-state index in [2.05, 4.69) is 27.2 Å². The predicted octanol–water partition coefficient (Wildman–Crippen LogP) is 3.38. The van der Waals surface area contributed by atoms with Gasteiger partial charge in [0.15, 0.2) is 0 Å². The van der Waals surface area contributed by atoms with Crippen molar-refractivity contribution in [2.24, 2.45) is 0 Å². The maximum Gasteiger partial charge on any atom is 0.262 e. The summed E-state index contributed by atoms with van der Waals surface area (Å²) in [4.78, 5) is 25.0. The van der Waals surface area contributed by atoms with E-state index in [9.17, 15) is 4.79 Å². The second-order valence-corrected chi connectivity index (χ2v) is 8.38. The van der Waals surface area contributed by atoms with E-state index in [1.165, 1.54) is 10.4 Å². The topological polar surface area (TPSA) is 70.2 Å². The van der Waals surface area contributed by atoms with Crippen LogP contribution in [0.1, 0.15) is 32.0 Å². The van der Waals surface area contributed by atoms with Crippen molar-refractivity contribution in [3.63, 3.8) is 0 Å². The van der Waals surface area contributed by atoms with E-state index >= 15 is 0 Å². The van der Waals surface area contributed by atoms with Gasteiger partial charge in [-0.05, 0) is 43.3 Å². The molecule has 0 fully saturated rings. The fraction of sp³-hybridized carbons (Fsp3) is 0.368. The molecule has 27 heavy (non-hydrogen) atoms. The fourth-order valence-electron chi connectivity index (χ4n) is 3.33. The third-order valence-electron chi connectivity index (χ3n) is 4.71. The Morgan fingerprint density at radius 2 is 2.33 bits per heavy atom. The van der Waals surface area contributed by atoms with Gasteiger partial charge < -0.3 is 19.9 Å². The van der Waals surface area contributed by atoms with Gasteiger partial charge in [0.25, 0.3) is 5.91 Å². The molecule has 1 aliphatic heterocycles. The van der Waals surface area contributed by atoms with Gasteiger partial charge in [-0.2, -0.15) is 0 Å². The van der Waals surface area contributed by atoms with Gasteiger partial charge in [0.1, 0.15) is 11.9 Å². The van der Waals surface area contributed by atoms with Crippen molar-refractivity contribution in [3.8, 4) is 0 Å². The Morgan fingerprint density at radius 1 is 1.48 bits per heavy atom. The van der Waals surface area contributed by atoms with E-state index < -0.39 is 0 Å². The van der Waals surface area contributed by atoms with Gasteiger partial charge in [-0.1, -0.05) is 11.6 Å². The van der Waals surface area contributed by atoms with Crippen molar-refractivity contribution in [2.75, 3.05) is 27.3 Å². The summed E-state index contributed by atoms with van der Waals surface area (Å²) in [5, 5.41) is 3.68. The number of ether oxygens (including phenoxy) is 1. The lowest BCUT2D eigenvalue weighted by Crippen LogP contribution is -2.31. The number of carbonyl (C=O) groups is 1. The number of carbonyl (C=O) groups excluding carboxylic acids is 1. The van der Waals surface area contributed by atoms with Crippen LogP contribution in [0.2, 0.25) is 5.02 Å². The van der Waals surface area contributed by atoms with Crippen LogP contribution in [0.4, 0.5) is 0 Å². The molecule has 4 rings (SSSR count). The predicted molar refractivity (Wildman–Crippen MR) is 108 cm³/mol. The molecule has 8 heteroatoms. The Kier molecular flexibility index (Phi) is 5.19. The number of methoxy groups -OCH3 is 1. The number of benzene rings is 1. The van der Waals surface area contributed by atoms with Gasteiger partial charge in [0.05, 0.1) is 22.5 Å². The molecule has 0 bridgehead atoms. The third-order valence-corrected chi connectivity index (χ3v) is 6.18. The zero-order valence-corrected chi connectivity index (χ0v) is 16.8. The summed E-state index contributed by atoms with van der Waals surface area (Å²) in [6.45, 7) is 2.25. The highest BCUT2D eigenvalue weighted by atomic mass is 35.5. The van der Waals surface area contributed by atoms with Crippen LogP contribution in [0.25, 0.3) is 11.0 Å². The van der Waals surface area contributed by atoms with Crippen molar-refractivity contribution in [2.45, 2.75) is 19.0 Å². The van der Waals surface area contributed by atoms with E-state index in [1.807, 2.05) is 18.2 Å². The number of nitrogens with zero attached hydrogens (tertiary/aromatic N) is 2. The summed E-state index contributed by atoms with van der Waals surface area (Å²) in [5.41, 5.74) is 2.89. The minimum atomic E-state index is -0.365. The normalized spacial score (nSPS) is 15.7. The molecule has 0 spiro atoms. The molecule has 0 radical (unpaired) electrons. The maximum absolute atomic E-state index is 12.8. The molecule has 0 saturated heterocycles. The van der Waals surface area contributed by atoms with Gasteiger partial charge >= 0.3 is 0 Å². The number of nitrogens with one attached hydrogen (secondary N) is 2. The van der Waals surface area contributed by atoms with Crippen LogP contribution in [0, 0.1) is 0 Å². The number of H-pyrrole nitrogens is 1. The molecule has 1 atom stereocenters. The highest BCUT2D eigenvalue weighted by Crippen LogP contribution is 2.28. The zero-order chi connectivity index (χ0) is 19.0. The van der Waals surface area contributed by atoms with Crippen LogP contribution >= 0.6 is 22.9 Å². The third kappa shape index (κ3) is 3.87. The second kappa shape index (κ2) is 7.59. The lowest BCUT2D eigenvalue weighted by atomic mass is 10.1. The van der Waals surface area contributed by atoms with E-state index in [0.29, 0.717) is 17.5 Å². The Morgan fingerprint density at radius 3 is 3.15 bits per heavy atom. The molecule has 1 aromatic carbocycles. The largest absolute Gasteiger partial charge is 0.382 e. The Hall–Kier alpha value is -1.93. The first-order valence-electron chi connectivity index (χ1n) is 8.78. The number of amides is 1. The molecular weight excluding hydrogens is 384 g/mol. The Labute approximate surface area is 166 Å². The fourth-order valence-corrected chi connectivity index (χ4v) is 4.57. The second-order valence-electron chi connectivity index (χ2n) is 6.81. The number of aromatic amines is 1.